The summed E-state index contributed by atoms with van der Waals surface area (Å²) in [4.78, 5) is 13.9. The Kier molecular flexibility index (Phi) is 4.60. The molecule has 1 saturated heterocycles. The topological polar surface area (TPSA) is 55.6 Å². The first-order valence-electron chi connectivity index (χ1n) is 6.91. The summed E-state index contributed by atoms with van der Waals surface area (Å²) in [5.74, 6) is -0.680. The van der Waals surface area contributed by atoms with Gasteiger partial charge >= 0.3 is 0 Å². The minimum Gasteiger partial charge on any atom is -0.398 e. The van der Waals surface area contributed by atoms with E-state index in [-0.39, 0.29) is 17.6 Å². The number of carbonyl (C=O) groups is 1. The van der Waals surface area contributed by atoms with Gasteiger partial charge in [0.1, 0.15) is 5.82 Å². The van der Waals surface area contributed by atoms with Crippen molar-refractivity contribution < 1.29 is 13.9 Å². The Morgan fingerprint density at radius 2 is 2.25 bits per heavy atom. The van der Waals surface area contributed by atoms with Gasteiger partial charge in [-0.2, -0.15) is 0 Å². The Balaban J connectivity index is 2.06. The molecule has 1 atom stereocenters. The second kappa shape index (κ2) is 6.22. The molecule has 1 aliphatic heterocycles. The Hall–Kier alpha value is -1.62. The van der Waals surface area contributed by atoms with Crippen molar-refractivity contribution in [2.45, 2.75) is 32.3 Å². The fourth-order valence-electron chi connectivity index (χ4n) is 2.38. The number of amides is 1. The van der Waals surface area contributed by atoms with Crippen LogP contribution in [0.1, 0.15) is 35.2 Å². The maximum Gasteiger partial charge on any atom is 0.253 e. The molecule has 1 aromatic rings. The van der Waals surface area contributed by atoms with Gasteiger partial charge in [0.15, 0.2) is 0 Å². The number of likely N-dealkylation sites (N-methyl/N-ethyl adjacent to an activating group) is 1. The monoisotopic (exact) mass is 280 g/mol. The standard InChI is InChI=1S/C15H21FN2O2/c1-10-13(16)7-11(8-14(10)17)15(19)18(2)9-12-5-3-4-6-20-12/h7-8,12H,3-6,9,17H2,1-2H3. The Morgan fingerprint density at radius 3 is 2.85 bits per heavy atom. The van der Waals surface area contributed by atoms with E-state index >= 15 is 0 Å². The summed E-state index contributed by atoms with van der Waals surface area (Å²) in [6, 6.07) is 2.77. The molecule has 110 valence electrons. The second-order valence-corrected chi connectivity index (χ2v) is 5.35. The zero-order valence-electron chi connectivity index (χ0n) is 12.0. The number of hydrogen-bond acceptors (Lipinski definition) is 3. The Labute approximate surface area is 118 Å². The molecule has 0 saturated carbocycles. The first-order chi connectivity index (χ1) is 9.49. The third kappa shape index (κ3) is 3.28. The van der Waals surface area contributed by atoms with Crippen molar-refractivity contribution in [1.82, 2.24) is 4.90 Å². The minimum absolute atomic E-state index is 0.0744. The molecule has 1 heterocycles. The molecule has 0 spiro atoms. The van der Waals surface area contributed by atoms with Crippen molar-refractivity contribution in [3.8, 4) is 0 Å². The molecule has 1 aromatic carbocycles. The molecule has 0 radical (unpaired) electrons. The summed E-state index contributed by atoms with van der Waals surface area (Å²) >= 11 is 0. The molecule has 0 aliphatic carbocycles. The van der Waals surface area contributed by atoms with Crippen LogP contribution in [0, 0.1) is 12.7 Å². The van der Waals surface area contributed by atoms with E-state index in [1.54, 1.807) is 18.9 Å². The summed E-state index contributed by atoms with van der Waals surface area (Å²) in [6.07, 6.45) is 3.24. The van der Waals surface area contributed by atoms with E-state index in [9.17, 15) is 9.18 Å². The number of halogens is 1. The number of anilines is 1. The maximum absolute atomic E-state index is 13.6. The van der Waals surface area contributed by atoms with Crippen LogP contribution in [-0.2, 0) is 4.74 Å². The number of ether oxygens (including phenoxy) is 1. The lowest BCUT2D eigenvalue weighted by Crippen LogP contribution is -2.37. The van der Waals surface area contributed by atoms with Crippen molar-refractivity contribution in [3.63, 3.8) is 0 Å². The molecule has 1 fully saturated rings. The molecule has 1 amide bonds. The van der Waals surface area contributed by atoms with Crippen LogP contribution in [0.25, 0.3) is 0 Å². The van der Waals surface area contributed by atoms with Gasteiger partial charge in [-0.25, -0.2) is 4.39 Å². The van der Waals surface area contributed by atoms with Crippen LogP contribution < -0.4 is 5.73 Å². The number of benzene rings is 1. The van der Waals surface area contributed by atoms with Crippen molar-refractivity contribution in [2.75, 3.05) is 25.9 Å². The van der Waals surface area contributed by atoms with Crippen LogP contribution in [0.4, 0.5) is 10.1 Å². The summed E-state index contributed by atoms with van der Waals surface area (Å²) in [5.41, 5.74) is 6.67. The zero-order valence-corrected chi connectivity index (χ0v) is 12.0. The van der Waals surface area contributed by atoms with Crippen molar-refractivity contribution in [3.05, 3.63) is 29.1 Å². The highest BCUT2D eigenvalue weighted by atomic mass is 19.1. The summed E-state index contributed by atoms with van der Waals surface area (Å²) in [5, 5.41) is 0. The number of carbonyl (C=O) groups excluding carboxylic acids is 1. The molecular weight excluding hydrogens is 259 g/mol. The summed E-state index contributed by atoms with van der Waals surface area (Å²) < 4.78 is 19.3. The van der Waals surface area contributed by atoms with E-state index in [2.05, 4.69) is 0 Å². The van der Waals surface area contributed by atoms with Crippen LogP contribution in [0.5, 0.6) is 0 Å². The van der Waals surface area contributed by atoms with Gasteiger partial charge in [-0.15, -0.1) is 0 Å². The van der Waals surface area contributed by atoms with Crippen molar-refractivity contribution in [1.29, 1.82) is 0 Å². The number of rotatable bonds is 3. The van der Waals surface area contributed by atoms with Crippen molar-refractivity contribution in [2.24, 2.45) is 0 Å². The quantitative estimate of drug-likeness (QED) is 0.865. The van der Waals surface area contributed by atoms with Gasteiger partial charge in [-0.05, 0) is 38.3 Å². The molecule has 0 bridgehead atoms. The van der Waals surface area contributed by atoms with Gasteiger partial charge in [0, 0.05) is 37.0 Å². The predicted octanol–water partition coefficient (Wildman–Crippen LogP) is 2.36. The van der Waals surface area contributed by atoms with E-state index < -0.39 is 5.82 Å². The number of nitrogens with two attached hydrogens (primary N) is 1. The molecule has 20 heavy (non-hydrogen) atoms. The molecule has 2 N–H and O–H groups in total. The molecule has 1 unspecified atom stereocenters. The number of nitrogen functional groups attached to an aromatic ring is 1. The fourth-order valence-corrected chi connectivity index (χ4v) is 2.38. The van der Waals surface area contributed by atoms with E-state index in [1.807, 2.05) is 0 Å². The van der Waals surface area contributed by atoms with Gasteiger partial charge < -0.3 is 15.4 Å². The Bertz CT molecular complexity index is 476. The van der Waals surface area contributed by atoms with Crippen LogP contribution in [0.2, 0.25) is 0 Å². The smallest absolute Gasteiger partial charge is 0.253 e. The number of nitrogens with zero attached hydrogens (tertiary/aromatic N) is 1. The number of hydrogen-bond donors (Lipinski definition) is 1. The van der Waals surface area contributed by atoms with Crippen LogP contribution in [-0.4, -0.2) is 37.1 Å². The highest BCUT2D eigenvalue weighted by Gasteiger charge is 2.20. The second-order valence-electron chi connectivity index (χ2n) is 5.35. The van der Waals surface area contributed by atoms with Gasteiger partial charge in [0.05, 0.1) is 6.10 Å². The van der Waals surface area contributed by atoms with Gasteiger partial charge in [0.25, 0.3) is 5.91 Å². The average molecular weight is 280 g/mol. The summed E-state index contributed by atoms with van der Waals surface area (Å²) in [6.45, 7) is 2.87. The third-order valence-electron chi connectivity index (χ3n) is 3.73. The first-order valence-corrected chi connectivity index (χ1v) is 6.91. The maximum atomic E-state index is 13.6. The zero-order chi connectivity index (χ0) is 14.7. The molecular formula is C15H21FN2O2. The molecule has 1 aliphatic rings. The molecule has 5 heteroatoms. The average Bonchev–Trinajstić information content (AvgIpc) is 2.44. The molecule has 0 aromatic heterocycles. The van der Waals surface area contributed by atoms with Crippen LogP contribution in [0.3, 0.4) is 0 Å². The third-order valence-corrected chi connectivity index (χ3v) is 3.73. The SMILES string of the molecule is Cc1c(N)cc(C(=O)N(C)CC2CCCCO2)cc1F. The highest BCUT2D eigenvalue weighted by Crippen LogP contribution is 2.19. The molecule has 2 rings (SSSR count). The Morgan fingerprint density at radius 1 is 1.50 bits per heavy atom. The van der Waals surface area contributed by atoms with Crippen LogP contribution >= 0.6 is 0 Å². The largest absolute Gasteiger partial charge is 0.398 e. The van der Waals surface area contributed by atoms with E-state index in [4.69, 9.17) is 10.5 Å². The van der Waals surface area contributed by atoms with E-state index in [1.165, 1.54) is 12.1 Å². The lowest BCUT2D eigenvalue weighted by molar-refractivity contribution is -0.000191. The van der Waals surface area contributed by atoms with Crippen molar-refractivity contribution >= 4 is 11.6 Å². The predicted molar refractivity (Wildman–Crippen MR) is 76.1 cm³/mol. The lowest BCUT2D eigenvalue weighted by Gasteiger charge is -2.27. The normalized spacial score (nSPS) is 18.9. The molecule has 4 nitrogen and oxygen atoms in total. The van der Waals surface area contributed by atoms with Gasteiger partial charge in [0.2, 0.25) is 0 Å². The lowest BCUT2D eigenvalue weighted by atomic mass is 10.1. The van der Waals surface area contributed by atoms with E-state index in [0.29, 0.717) is 17.8 Å². The van der Waals surface area contributed by atoms with Crippen LogP contribution in [0.15, 0.2) is 12.1 Å². The van der Waals surface area contributed by atoms with E-state index in [0.717, 1.165) is 25.9 Å². The summed E-state index contributed by atoms with van der Waals surface area (Å²) in [7, 11) is 1.70. The van der Waals surface area contributed by atoms with Gasteiger partial charge in [-0.1, -0.05) is 0 Å². The fraction of sp³-hybridized carbons (Fsp3) is 0.533. The highest BCUT2D eigenvalue weighted by molar-refractivity contribution is 5.95. The minimum atomic E-state index is -0.448. The van der Waals surface area contributed by atoms with Gasteiger partial charge in [-0.3, -0.25) is 4.79 Å². The first kappa shape index (κ1) is 14.8.